The van der Waals surface area contributed by atoms with E-state index in [1.807, 2.05) is 47.3 Å². The minimum Gasteiger partial charge on any atom is -1.00 e. The van der Waals surface area contributed by atoms with Crippen LogP contribution in [0.2, 0.25) is 0 Å². The van der Waals surface area contributed by atoms with Gasteiger partial charge in [0, 0.05) is 25.2 Å². The van der Waals surface area contributed by atoms with Gasteiger partial charge in [0.1, 0.15) is 24.5 Å². The molecule has 1 heterocycles. The highest BCUT2D eigenvalue weighted by atomic mass is 127. The van der Waals surface area contributed by atoms with Gasteiger partial charge in [-0.25, -0.2) is 13.8 Å². The van der Waals surface area contributed by atoms with Crippen LogP contribution in [0, 0.1) is 5.82 Å². The number of nitrogens with zero attached hydrogens (tertiary/aromatic N) is 2. The molecule has 2 aromatic carbocycles. The summed E-state index contributed by atoms with van der Waals surface area (Å²) in [6.45, 7) is 3.36. The molecule has 180 valence electrons. The average molecular weight is 642 g/mol. The van der Waals surface area contributed by atoms with E-state index in [0.717, 1.165) is 23.1 Å². The molecule has 0 aliphatic rings. The van der Waals surface area contributed by atoms with Gasteiger partial charge >= 0.3 is 6.09 Å². The fourth-order valence-electron chi connectivity index (χ4n) is 3.26. The van der Waals surface area contributed by atoms with Crippen molar-refractivity contribution in [2.75, 3.05) is 18.0 Å². The van der Waals surface area contributed by atoms with E-state index in [2.05, 4.69) is 28.2 Å². The number of anilines is 1. The summed E-state index contributed by atoms with van der Waals surface area (Å²) in [4.78, 5) is 27.1. The monoisotopic (exact) mass is 641 g/mol. The highest BCUT2D eigenvalue weighted by Crippen LogP contribution is 2.18. The lowest BCUT2D eigenvalue weighted by atomic mass is 10.2. The van der Waals surface area contributed by atoms with Crippen LogP contribution in [0.4, 0.5) is 14.9 Å². The van der Waals surface area contributed by atoms with E-state index in [4.69, 9.17) is 4.74 Å². The number of carbonyl (C=O) groups excluding carboxylic acids is 2. The van der Waals surface area contributed by atoms with Crippen LogP contribution in [0.15, 0.2) is 77.5 Å². The Morgan fingerprint density at radius 1 is 1.09 bits per heavy atom. The van der Waals surface area contributed by atoms with Crippen LogP contribution in [0.5, 0.6) is 0 Å². The number of ether oxygens (including phenoxy) is 1. The maximum absolute atomic E-state index is 13.4. The summed E-state index contributed by atoms with van der Waals surface area (Å²) in [5, 5.41) is 2.67. The number of hydrogen-bond donors (Lipinski definition) is 1. The lowest BCUT2D eigenvalue weighted by Crippen LogP contribution is -3.00. The molecule has 0 aliphatic heterocycles. The molecule has 34 heavy (non-hydrogen) atoms. The first-order valence-corrected chi connectivity index (χ1v) is 11.5. The van der Waals surface area contributed by atoms with Crippen LogP contribution in [-0.4, -0.2) is 25.1 Å². The van der Waals surface area contributed by atoms with Crippen LogP contribution in [-0.2, 0) is 17.9 Å². The molecule has 1 aromatic heterocycles. The van der Waals surface area contributed by atoms with Crippen LogP contribution in [0.3, 0.4) is 0 Å². The van der Waals surface area contributed by atoms with Crippen molar-refractivity contribution in [1.82, 2.24) is 5.32 Å². The molecule has 6 nitrogen and oxygen atoms in total. The van der Waals surface area contributed by atoms with Crippen LogP contribution in [0.25, 0.3) is 0 Å². The molecule has 0 saturated heterocycles. The van der Waals surface area contributed by atoms with Crippen LogP contribution >= 0.6 is 15.9 Å². The molecular weight excluding hydrogens is 616 g/mol. The number of para-hydroxylation sites is 1. The van der Waals surface area contributed by atoms with Crippen molar-refractivity contribution in [3.05, 3.63) is 94.5 Å². The third-order valence-electron chi connectivity index (χ3n) is 4.82. The molecule has 0 saturated carbocycles. The van der Waals surface area contributed by atoms with Crippen molar-refractivity contribution >= 4 is 33.6 Å². The first-order chi connectivity index (χ1) is 16.0. The van der Waals surface area contributed by atoms with E-state index in [1.54, 1.807) is 23.1 Å². The molecule has 0 fully saturated rings. The molecule has 3 aromatic rings. The SMILES string of the molecule is CCC[n+]1cc(Br)cc(C(=O)N(CCNC(=O)OCc2ccc(F)cc2)c2ccccc2)c1.[I-]. The summed E-state index contributed by atoms with van der Waals surface area (Å²) >= 11 is 3.48. The predicted octanol–water partition coefficient (Wildman–Crippen LogP) is 1.86. The van der Waals surface area contributed by atoms with E-state index in [-0.39, 0.29) is 55.4 Å². The fraction of sp³-hybridized carbons (Fsp3) is 0.240. The number of aryl methyl sites for hydroxylation is 1. The van der Waals surface area contributed by atoms with Gasteiger partial charge in [0.15, 0.2) is 12.4 Å². The maximum atomic E-state index is 13.4. The van der Waals surface area contributed by atoms with Crippen molar-refractivity contribution in [3.63, 3.8) is 0 Å². The number of aromatic nitrogens is 1. The normalized spacial score (nSPS) is 10.2. The highest BCUT2D eigenvalue weighted by molar-refractivity contribution is 9.10. The number of halogens is 3. The summed E-state index contributed by atoms with van der Waals surface area (Å²) in [5.41, 5.74) is 1.95. The molecule has 0 spiro atoms. The number of amides is 2. The van der Waals surface area contributed by atoms with E-state index >= 15 is 0 Å². The summed E-state index contributed by atoms with van der Waals surface area (Å²) in [7, 11) is 0. The van der Waals surface area contributed by atoms with Gasteiger partial charge in [-0.05, 0) is 51.8 Å². The standard InChI is InChI=1S/C25H25BrFN3O3.HI/c1-2-13-29-16-20(15-21(26)17-29)24(31)30(23-6-4-3-5-7-23)14-12-28-25(32)33-18-19-8-10-22(27)11-9-19;/h3-11,15-17H,2,12-14,18H2,1H3;1H. The topological polar surface area (TPSA) is 62.5 Å². The van der Waals surface area contributed by atoms with Gasteiger partial charge in [-0.15, -0.1) is 0 Å². The maximum Gasteiger partial charge on any atom is 0.407 e. The molecule has 0 aliphatic carbocycles. The van der Waals surface area contributed by atoms with Crippen molar-refractivity contribution in [2.45, 2.75) is 26.5 Å². The second kappa shape index (κ2) is 14.0. The van der Waals surface area contributed by atoms with E-state index in [1.165, 1.54) is 12.1 Å². The fourth-order valence-corrected chi connectivity index (χ4v) is 3.77. The van der Waals surface area contributed by atoms with Gasteiger partial charge in [-0.1, -0.05) is 37.3 Å². The average Bonchev–Trinajstić information content (AvgIpc) is 2.81. The number of alkyl carbamates (subject to hydrolysis) is 1. The Morgan fingerprint density at radius 2 is 1.79 bits per heavy atom. The van der Waals surface area contributed by atoms with Gasteiger partial charge in [0.2, 0.25) is 0 Å². The van der Waals surface area contributed by atoms with Crippen LogP contribution in [0.1, 0.15) is 29.3 Å². The number of benzene rings is 2. The van der Waals surface area contributed by atoms with Gasteiger partial charge in [-0.2, -0.15) is 0 Å². The largest absolute Gasteiger partial charge is 1.00 e. The number of rotatable bonds is 9. The van der Waals surface area contributed by atoms with Gasteiger partial charge < -0.3 is 38.9 Å². The Kier molecular flexibility index (Phi) is 11.4. The number of carbonyl (C=O) groups is 2. The second-order valence-corrected chi connectivity index (χ2v) is 8.32. The molecule has 9 heteroatoms. The summed E-state index contributed by atoms with van der Waals surface area (Å²) < 4.78 is 21.0. The van der Waals surface area contributed by atoms with Crippen molar-refractivity contribution in [1.29, 1.82) is 0 Å². The van der Waals surface area contributed by atoms with Gasteiger partial charge in [-0.3, -0.25) is 4.79 Å². The summed E-state index contributed by atoms with van der Waals surface area (Å²) in [6, 6.07) is 16.8. The molecular formula is C25H26BrFIN3O3. The van der Waals surface area contributed by atoms with Gasteiger partial charge in [0.05, 0.1) is 4.47 Å². The molecule has 3 rings (SSSR count). The first-order valence-electron chi connectivity index (χ1n) is 10.7. The lowest BCUT2D eigenvalue weighted by Gasteiger charge is -2.23. The Bertz CT molecular complexity index is 1080. The van der Waals surface area contributed by atoms with E-state index < -0.39 is 6.09 Å². The van der Waals surface area contributed by atoms with Crippen molar-refractivity contribution in [2.24, 2.45) is 0 Å². The third kappa shape index (κ3) is 8.35. The zero-order chi connectivity index (χ0) is 23.6. The third-order valence-corrected chi connectivity index (χ3v) is 5.25. The molecule has 0 atom stereocenters. The van der Waals surface area contributed by atoms with E-state index in [9.17, 15) is 14.0 Å². The zero-order valence-electron chi connectivity index (χ0n) is 18.7. The minimum absolute atomic E-state index is 0. The summed E-state index contributed by atoms with van der Waals surface area (Å²) in [5.74, 6) is -0.520. The second-order valence-electron chi connectivity index (χ2n) is 7.40. The van der Waals surface area contributed by atoms with Crippen molar-refractivity contribution < 1.29 is 47.3 Å². The van der Waals surface area contributed by atoms with Crippen LogP contribution < -0.4 is 38.8 Å². The first kappa shape index (κ1) is 27.7. The quantitative estimate of drug-likeness (QED) is 0.287. The Morgan fingerprint density at radius 3 is 2.47 bits per heavy atom. The Balaban J connectivity index is 0.00000408. The van der Waals surface area contributed by atoms with Gasteiger partial charge in [0.25, 0.3) is 5.91 Å². The highest BCUT2D eigenvalue weighted by Gasteiger charge is 2.21. The molecule has 1 N–H and O–H groups in total. The summed E-state index contributed by atoms with van der Waals surface area (Å²) in [6.07, 6.45) is 4.10. The molecule has 0 bridgehead atoms. The zero-order valence-corrected chi connectivity index (χ0v) is 22.5. The molecule has 2 amide bonds. The predicted molar refractivity (Wildman–Crippen MR) is 127 cm³/mol. The number of nitrogens with one attached hydrogen (secondary N) is 1. The minimum atomic E-state index is -0.608. The smallest absolute Gasteiger partial charge is 0.407 e. The molecule has 0 radical (unpaired) electrons. The van der Waals surface area contributed by atoms with E-state index in [0.29, 0.717) is 11.1 Å². The Labute approximate surface area is 224 Å². The number of hydrogen-bond acceptors (Lipinski definition) is 3. The lowest BCUT2D eigenvalue weighted by molar-refractivity contribution is -0.697. The van der Waals surface area contributed by atoms with Crippen molar-refractivity contribution in [3.8, 4) is 0 Å². The number of pyridine rings is 1. The molecule has 0 unspecified atom stereocenters. The Hall–Kier alpha value is -2.53.